The van der Waals surface area contributed by atoms with Gasteiger partial charge in [-0.25, -0.2) is 13.1 Å². The normalized spacial score (nSPS) is 14.2. The van der Waals surface area contributed by atoms with Crippen LogP contribution in [-0.4, -0.2) is 32.3 Å². The second-order valence-corrected chi connectivity index (χ2v) is 8.50. The first-order chi connectivity index (χ1) is 13.4. The van der Waals surface area contributed by atoms with Gasteiger partial charge < -0.3 is 9.84 Å². The molecule has 0 aliphatic heterocycles. The van der Waals surface area contributed by atoms with Crippen molar-refractivity contribution in [3.05, 3.63) is 77.9 Å². The first kappa shape index (κ1) is 22.3. The van der Waals surface area contributed by atoms with Crippen LogP contribution in [0.25, 0.3) is 0 Å². The average molecular weight is 404 g/mol. The number of benzene rings is 2. The summed E-state index contributed by atoms with van der Waals surface area (Å²) in [6.45, 7) is 4.47. The largest absolute Gasteiger partial charge is 0.387 e. The molecule has 0 aliphatic rings. The third-order valence-corrected chi connectivity index (χ3v) is 5.71. The molecule has 0 aliphatic carbocycles. The van der Waals surface area contributed by atoms with E-state index in [-0.39, 0.29) is 17.5 Å². The van der Waals surface area contributed by atoms with Crippen LogP contribution in [0, 0.1) is 6.92 Å². The van der Waals surface area contributed by atoms with E-state index in [2.05, 4.69) is 4.72 Å². The summed E-state index contributed by atoms with van der Waals surface area (Å²) in [5.74, 6) is 0. The Labute approximate surface area is 168 Å². The second kappa shape index (κ2) is 11.1. The number of aryl methyl sites for hydroxylation is 1. The van der Waals surface area contributed by atoms with Crippen LogP contribution >= 0.6 is 0 Å². The zero-order valence-electron chi connectivity index (χ0n) is 16.4. The predicted molar refractivity (Wildman–Crippen MR) is 111 cm³/mol. The molecule has 2 aromatic rings. The van der Waals surface area contributed by atoms with E-state index in [1.54, 1.807) is 36.4 Å². The monoisotopic (exact) mass is 403 g/mol. The van der Waals surface area contributed by atoms with Crippen molar-refractivity contribution in [2.45, 2.75) is 50.3 Å². The summed E-state index contributed by atoms with van der Waals surface area (Å²) < 4.78 is 33.4. The Hall–Kier alpha value is -1.99. The van der Waals surface area contributed by atoms with Gasteiger partial charge in [0, 0.05) is 6.04 Å². The van der Waals surface area contributed by atoms with Crippen LogP contribution in [-0.2, 0) is 21.4 Å². The predicted octanol–water partition coefficient (Wildman–Crippen LogP) is 3.58. The molecule has 2 aromatic carbocycles. The van der Waals surface area contributed by atoms with Crippen LogP contribution in [0.15, 0.2) is 71.6 Å². The summed E-state index contributed by atoms with van der Waals surface area (Å²) in [5.41, 5.74) is 2.04. The van der Waals surface area contributed by atoms with Gasteiger partial charge in [0.25, 0.3) is 0 Å². The molecule has 0 unspecified atom stereocenters. The van der Waals surface area contributed by atoms with E-state index in [4.69, 9.17) is 4.74 Å². The van der Waals surface area contributed by atoms with Gasteiger partial charge in [-0.3, -0.25) is 0 Å². The Morgan fingerprint density at radius 2 is 1.75 bits per heavy atom. The molecule has 0 saturated carbocycles. The topological polar surface area (TPSA) is 75.6 Å². The molecular formula is C22H29NO4S. The Bertz CT molecular complexity index is 833. The van der Waals surface area contributed by atoms with Crippen LogP contribution in [0.4, 0.5) is 0 Å². The van der Waals surface area contributed by atoms with E-state index < -0.39 is 16.1 Å². The maximum Gasteiger partial charge on any atom is 0.241 e. The Morgan fingerprint density at radius 3 is 2.39 bits per heavy atom. The lowest BCUT2D eigenvalue weighted by Gasteiger charge is -2.16. The molecule has 2 atom stereocenters. The molecule has 0 amide bonds. The standard InChI is InChI=1S/C22H29NO4S/c1-3-7-20(23-28(25,26)22-14-10-18(2)11-15-22)12-13-21(24)17-27-16-19-8-5-4-6-9-19/h4-6,8-15,20-21,23-24H,3,7,16-17H2,1-2H3/b13-12+/t20-,21+/m0/s1. The highest BCUT2D eigenvalue weighted by molar-refractivity contribution is 7.89. The number of hydrogen-bond donors (Lipinski definition) is 2. The van der Waals surface area contributed by atoms with Gasteiger partial charge in [0.1, 0.15) is 0 Å². The molecule has 152 valence electrons. The Kier molecular flexibility index (Phi) is 8.86. The van der Waals surface area contributed by atoms with Crippen LogP contribution in [0.5, 0.6) is 0 Å². The van der Waals surface area contributed by atoms with E-state index in [1.165, 1.54) is 0 Å². The van der Waals surface area contributed by atoms with Crippen molar-refractivity contribution >= 4 is 10.0 Å². The van der Waals surface area contributed by atoms with Crippen molar-refractivity contribution in [3.8, 4) is 0 Å². The van der Waals surface area contributed by atoms with E-state index in [1.807, 2.05) is 44.2 Å². The lowest BCUT2D eigenvalue weighted by molar-refractivity contribution is 0.0502. The zero-order valence-corrected chi connectivity index (χ0v) is 17.2. The SMILES string of the molecule is CCC[C@@H](/C=C/[C@@H](O)COCc1ccccc1)NS(=O)(=O)c1ccc(C)cc1. The molecule has 0 aromatic heterocycles. The van der Waals surface area contributed by atoms with Gasteiger partial charge in [0.05, 0.1) is 24.2 Å². The highest BCUT2D eigenvalue weighted by Crippen LogP contribution is 2.12. The number of ether oxygens (including phenoxy) is 1. The fourth-order valence-electron chi connectivity index (χ4n) is 2.68. The van der Waals surface area contributed by atoms with Crippen molar-refractivity contribution < 1.29 is 18.3 Å². The Balaban J connectivity index is 1.90. The molecule has 2 rings (SSSR count). The molecule has 0 heterocycles. The number of nitrogens with one attached hydrogen (secondary N) is 1. The lowest BCUT2D eigenvalue weighted by atomic mass is 10.1. The number of aliphatic hydroxyl groups excluding tert-OH is 1. The summed E-state index contributed by atoms with van der Waals surface area (Å²) >= 11 is 0. The first-order valence-electron chi connectivity index (χ1n) is 9.48. The van der Waals surface area contributed by atoms with Gasteiger partial charge in [0.2, 0.25) is 10.0 Å². The van der Waals surface area contributed by atoms with Crippen LogP contribution < -0.4 is 4.72 Å². The fourth-order valence-corrected chi connectivity index (χ4v) is 3.91. The minimum Gasteiger partial charge on any atom is -0.387 e. The van der Waals surface area contributed by atoms with Crippen molar-refractivity contribution in [1.29, 1.82) is 0 Å². The highest BCUT2D eigenvalue weighted by Gasteiger charge is 2.18. The molecule has 2 N–H and O–H groups in total. The molecule has 0 spiro atoms. The number of sulfonamides is 1. The summed E-state index contributed by atoms with van der Waals surface area (Å²) in [4.78, 5) is 0.236. The van der Waals surface area contributed by atoms with Gasteiger partial charge in [0.15, 0.2) is 0 Å². The first-order valence-corrected chi connectivity index (χ1v) is 11.0. The van der Waals surface area contributed by atoms with Crippen molar-refractivity contribution in [3.63, 3.8) is 0 Å². The van der Waals surface area contributed by atoms with Gasteiger partial charge in [-0.2, -0.15) is 0 Å². The van der Waals surface area contributed by atoms with Crippen LogP contribution in [0.2, 0.25) is 0 Å². The molecular weight excluding hydrogens is 374 g/mol. The van der Waals surface area contributed by atoms with Gasteiger partial charge in [-0.15, -0.1) is 0 Å². The molecule has 5 nitrogen and oxygen atoms in total. The molecule has 0 saturated heterocycles. The third kappa shape index (κ3) is 7.56. The number of hydrogen-bond acceptors (Lipinski definition) is 4. The fraction of sp³-hybridized carbons (Fsp3) is 0.364. The lowest BCUT2D eigenvalue weighted by Crippen LogP contribution is -2.33. The van der Waals surface area contributed by atoms with Gasteiger partial charge in [-0.1, -0.05) is 73.5 Å². The summed E-state index contributed by atoms with van der Waals surface area (Å²) in [6.07, 6.45) is 3.94. The minimum absolute atomic E-state index is 0.148. The third-order valence-electron chi connectivity index (χ3n) is 4.20. The number of aliphatic hydroxyl groups is 1. The summed E-state index contributed by atoms with van der Waals surface area (Å²) in [5, 5.41) is 10.1. The Morgan fingerprint density at radius 1 is 1.07 bits per heavy atom. The summed E-state index contributed by atoms with van der Waals surface area (Å²) in [7, 11) is -3.61. The van der Waals surface area contributed by atoms with E-state index in [9.17, 15) is 13.5 Å². The maximum absolute atomic E-state index is 12.6. The van der Waals surface area contributed by atoms with Crippen LogP contribution in [0.1, 0.15) is 30.9 Å². The van der Waals surface area contributed by atoms with E-state index in [0.717, 1.165) is 17.5 Å². The van der Waals surface area contributed by atoms with Crippen molar-refractivity contribution in [1.82, 2.24) is 4.72 Å². The smallest absolute Gasteiger partial charge is 0.241 e. The highest BCUT2D eigenvalue weighted by atomic mass is 32.2. The molecule has 0 bridgehead atoms. The molecule has 28 heavy (non-hydrogen) atoms. The van der Waals surface area contributed by atoms with E-state index in [0.29, 0.717) is 13.0 Å². The average Bonchev–Trinajstić information content (AvgIpc) is 2.67. The van der Waals surface area contributed by atoms with Gasteiger partial charge >= 0.3 is 0 Å². The van der Waals surface area contributed by atoms with Gasteiger partial charge in [-0.05, 0) is 31.0 Å². The maximum atomic E-state index is 12.6. The van der Waals surface area contributed by atoms with Crippen LogP contribution in [0.3, 0.4) is 0 Å². The van der Waals surface area contributed by atoms with Crippen molar-refractivity contribution in [2.24, 2.45) is 0 Å². The molecule has 0 radical (unpaired) electrons. The second-order valence-electron chi connectivity index (χ2n) is 6.78. The zero-order chi connectivity index (χ0) is 20.4. The molecule has 0 fully saturated rings. The summed E-state index contributed by atoms with van der Waals surface area (Å²) in [6, 6.07) is 16.1. The number of rotatable bonds is 11. The minimum atomic E-state index is -3.61. The quantitative estimate of drug-likeness (QED) is 0.563. The molecule has 6 heteroatoms. The van der Waals surface area contributed by atoms with Crippen molar-refractivity contribution in [2.75, 3.05) is 6.61 Å². The van der Waals surface area contributed by atoms with E-state index >= 15 is 0 Å².